The zero-order valence-corrected chi connectivity index (χ0v) is 21.1. The Kier molecular flexibility index (Phi) is 5.56. The van der Waals surface area contributed by atoms with Crippen molar-refractivity contribution in [1.82, 2.24) is 24.8 Å². The van der Waals surface area contributed by atoms with Crippen molar-refractivity contribution in [2.75, 3.05) is 55.8 Å². The zero-order chi connectivity index (χ0) is 24.1. The molecule has 1 aromatic carbocycles. The third-order valence-corrected chi connectivity index (χ3v) is 8.01. The summed E-state index contributed by atoms with van der Waals surface area (Å²) in [5.74, 6) is 3.90. The molecule has 0 unspecified atom stereocenters. The number of morpholine rings is 1. The minimum absolute atomic E-state index is 0.611. The molecular weight excluding hydrogens is 472 g/mol. The van der Waals surface area contributed by atoms with Gasteiger partial charge in [-0.15, -0.1) is 0 Å². The summed E-state index contributed by atoms with van der Waals surface area (Å²) in [4.78, 5) is 23.1. The molecule has 2 saturated heterocycles. The highest BCUT2D eigenvalue weighted by Crippen LogP contribution is 2.36. The van der Waals surface area contributed by atoms with E-state index in [0.29, 0.717) is 30.3 Å². The molecule has 2 aliphatic rings. The van der Waals surface area contributed by atoms with E-state index in [4.69, 9.17) is 24.1 Å². The highest BCUT2D eigenvalue weighted by atomic mass is 32.2. The summed E-state index contributed by atoms with van der Waals surface area (Å²) in [6.07, 6.45) is 1.94. The van der Waals surface area contributed by atoms with E-state index in [1.54, 1.807) is 0 Å². The molecule has 4 aromatic heterocycles. The number of fused-ring (bicyclic) bond motifs is 4. The van der Waals surface area contributed by atoms with Crippen LogP contribution in [0.5, 0.6) is 0 Å². The van der Waals surface area contributed by atoms with Gasteiger partial charge >= 0.3 is 0 Å². The summed E-state index contributed by atoms with van der Waals surface area (Å²) in [7, 11) is 0. The molecule has 1 N–H and O–H groups in total. The largest absolute Gasteiger partial charge is 0.432 e. The van der Waals surface area contributed by atoms with Crippen molar-refractivity contribution in [2.24, 2.45) is 0 Å². The van der Waals surface area contributed by atoms with E-state index in [9.17, 15) is 0 Å². The Hall–Kier alpha value is -3.14. The summed E-state index contributed by atoms with van der Waals surface area (Å²) in [5, 5.41) is 2.07. The monoisotopic (exact) mass is 500 g/mol. The topological polar surface area (TPSA) is 83.3 Å². The van der Waals surface area contributed by atoms with E-state index in [0.717, 1.165) is 71.6 Å². The first kappa shape index (κ1) is 22.1. The van der Waals surface area contributed by atoms with Crippen molar-refractivity contribution in [3.8, 4) is 11.4 Å². The molecule has 8 nitrogen and oxygen atoms in total. The van der Waals surface area contributed by atoms with Gasteiger partial charge in [0.25, 0.3) is 0 Å². The number of thioether (sulfide) groups is 1. The fraction of sp³-hybridized carbons (Fsp3) is 0.370. The third kappa shape index (κ3) is 3.91. The van der Waals surface area contributed by atoms with Crippen molar-refractivity contribution in [3.05, 3.63) is 47.8 Å². The average molecular weight is 501 g/mol. The van der Waals surface area contributed by atoms with E-state index in [1.807, 2.05) is 18.0 Å². The molecule has 6 heterocycles. The maximum absolute atomic E-state index is 6.32. The number of nitrogens with one attached hydrogen (secondary N) is 1. The minimum Gasteiger partial charge on any atom is -0.432 e. The number of rotatable bonds is 4. The molecule has 9 heteroatoms. The Morgan fingerprint density at radius 3 is 2.75 bits per heavy atom. The van der Waals surface area contributed by atoms with Crippen LogP contribution >= 0.6 is 11.8 Å². The van der Waals surface area contributed by atoms with Crippen LogP contribution in [0.2, 0.25) is 0 Å². The number of hydrogen-bond donors (Lipinski definition) is 1. The van der Waals surface area contributed by atoms with E-state index in [1.165, 1.54) is 17.1 Å². The predicted octanol–water partition coefficient (Wildman–Crippen LogP) is 4.61. The average Bonchev–Trinajstić information content (AvgIpc) is 3.48. The molecule has 0 saturated carbocycles. The third-order valence-electron chi connectivity index (χ3n) is 7.07. The Morgan fingerprint density at radius 2 is 1.89 bits per heavy atom. The van der Waals surface area contributed by atoms with Crippen LogP contribution in [0.1, 0.15) is 11.3 Å². The van der Waals surface area contributed by atoms with Crippen LogP contribution < -0.4 is 4.90 Å². The van der Waals surface area contributed by atoms with Crippen molar-refractivity contribution in [3.63, 3.8) is 0 Å². The lowest BCUT2D eigenvalue weighted by molar-refractivity contribution is 0.122. The molecule has 184 valence electrons. The van der Waals surface area contributed by atoms with Crippen molar-refractivity contribution < 1.29 is 9.15 Å². The second kappa shape index (κ2) is 9.06. The van der Waals surface area contributed by atoms with Gasteiger partial charge in [-0.05, 0) is 30.7 Å². The molecule has 36 heavy (non-hydrogen) atoms. The molecule has 7 rings (SSSR count). The van der Waals surface area contributed by atoms with Gasteiger partial charge in [-0.2, -0.15) is 11.8 Å². The summed E-state index contributed by atoms with van der Waals surface area (Å²) in [6, 6.07) is 10.6. The Bertz CT molecular complexity index is 1570. The van der Waals surface area contributed by atoms with Crippen LogP contribution in [-0.2, 0) is 11.3 Å². The van der Waals surface area contributed by atoms with E-state index >= 15 is 0 Å². The molecule has 5 aromatic rings. The normalized spacial score (nSPS) is 17.5. The first-order chi connectivity index (χ1) is 17.7. The van der Waals surface area contributed by atoms with Crippen LogP contribution in [0.25, 0.3) is 44.5 Å². The predicted molar refractivity (Wildman–Crippen MR) is 145 cm³/mol. The highest BCUT2D eigenvalue weighted by Gasteiger charge is 2.24. The smallest absolute Gasteiger partial charge is 0.229 e. The number of furan rings is 1. The van der Waals surface area contributed by atoms with Gasteiger partial charge in [0, 0.05) is 72.6 Å². The summed E-state index contributed by atoms with van der Waals surface area (Å²) in [5.41, 5.74) is 6.54. The Labute approximate surface area is 213 Å². The minimum atomic E-state index is 0.611. The molecule has 0 radical (unpaired) electrons. The zero-order valence-electron chi connectivity index (χ0n) is 20.3. The molecule has 0 spiro atoms. The van der Waals surface area contributed by atoms with Crippen LogP contribution in [0.3, 0.4) is 0 Å². The van der Waals surface area contributed by atoms with Gasteiger partial charge < -0.3 is 19.0 Å². The maximum atomic E-state index is 6.32. The molecule has 2 aliphatic heterocycles. The van der Waals surface area contributed by atoms with E-state index in [2.05, 4.69) is 52.0 Å². The molecule has 0 bridgehead atoms. The number of aromatic nitrogens is 4. The van der Waals surface area contributed by atoms with E-state index < -0.39 is 0 Å². The summed E-state index contributed by atoms with van der Waals surface area (Å²) < 4.78 is 11.9. The highest BCUT2D eigenvalue weighted by molar-refractivity contribution is 7.99. The van der Waals surface area contributed by atoms with Crippen molar-refractivity contribution >= 4 is 50.7 Å². The second-order valence-corrected chi connectivity index (χ2v) is 10.8. The van der Waals surface area contributed by atoms with Crippen LogP contribution in [0.15, 0.2) is 40.9 Å². The number of aryl methyl sites for hydroxylation is 1. The van der Waals surface area contributed by atoms with Crippen molar-refractivity contribution in [2.45, 2.75) is 13.5 Å². The fourth-order valence-electron chi connectivity index (χ4n) is 5.26. The molecule has 0 amide bonds. The Morgan fingerprint density at radius 1 is 1.03 bits per heavy atom. The lowest BCUT2D eigenvalue weighted by Crippen LogP contribution is -2.37. The quantitative estimate of drug-likeness (QED) is 0.383. The SMILES string of the molecule is Cc1cc2c(-c3nc(N4CCOCC4)c4oc5ncc(CN6CCSCC6)cc5c4n3)cccc2[nH]1. The summed E-state index contributed by atoms with van der Waals surface area (Å²) in [6.45, 7) is 8.07. The fourth-order valence-corrected chi connectivity index (χ4v) is 6.24. The van der Waals surface area contributed by atoms with Crippen LogP contribution in [0.4, 0.5) is 5.82 Å². The number of hydrogen-bond acceptors (Lipinski definition) is 8. The number of benzene rings is 1. The first-order valence-corrected chi connectivity index (χ1v) is 13.7. The number of nitrogens with zero attached hydrogens (tertiary/aromatic N) is 5. The molecule has 0 atom stereocenters. The Balaban J connectivity index is 1.41. The van der Waals surface area contributed by atoms with Gasteiger partial charge in [0.2, 0.25) is 5.71 Å². The first-order valence-electron chi connectivity index (χ1n) is 12.5. The number of ether oxygens (including phenoxy) is 1. The number of aromatic amines is 1. The standard InChI is InChI=1S/C27H28N6O2S/c1-17-13-20-19(3-2-4-22(20)29-17)25-30-23-21-14-18(16-32-7-11-36-12-8-32)15-28-27(21)35-24(23)26(31-25)33-5-9-34-10-6-33/h2-4,13-15,29H,5-12,16H2,1H3. The van der Waals surface area contributed by atoms with Gasteiger partial charge in [0.15, 0.2) is 17.2 Å². The second-order valence-electron chi connectivity index (χ2n) is 9.55. The molecule has 2 fully saturated rings. The van der Waals surface area contributed by atoms with Gasteiger partial charge in [-0.3, -0.25) is 4.90 Å². The number of H-pyrrole nitrogens is 1. The molecule has 0 aliphatic carbocycles. The van der Waals surface area contributed by atoms with Gasteiger partial charge in [-0.25, -0.2) is 15.0 Å². The molecular formula is C27H28N6O2S. The van der Waals surface area contributed by atoms with Crippen LogP contribution in [0, 0.1) is 6.92 Å². The number of pyridine rings is 1. The van der Waals surface area contributed by atoms with E-state index in [-0.39, 0.29) is 0 Å². The summed E-state index contributed by atoms with van der Waals surface area (Å²) >= 11 is 2.03. The van der Waals surface area contributed by atoms with Crippen molar-refractivity contribution in [1.29, 1.82) is 0 Å². The van der Waals surface area contributed by atoms with Crippen LogP contribution in [-0.4, -0.2) is 75.7 Å². The number of anilines is 1. The maximum Gasteiger partial charge on any atom is 0.229 e. The van der Waals surface area contributed by atoms with Gasteiger partial charge in [0.1, 0.15) is 5.52 Å². The lowest BCUT2D eigenvalue weighted by Gasteiger charge is -2.27. The lowest BCUT2D eigenvalue weighted by atomic mass is 10.1. The van der Waals surface area contributed by atoms with Gasteiger partial charge in [-0.1, -0.05) is 12.1 Å². The van der Waals surface area contributed by atoms with Gasteiger partial charge in [0.05, 0.1) is 18.6 Å².